The summed E-state index contributed by atoms with van der Waals surface area (Å²) in [7, 11) is 0. The van der Waals surface area contributed by atoms with Crippen LogP contribution < -0.4 is 5.32 Å². The molecule has 1 amide bonds. The van der Waals surface area contributed by atoms with Crippen LogP contribution in [0.1, 0.15) is 27.0 Å². The van der Waals surface area contributed by atoms with E-state index in [-0.39, 0.29) is 11.5 Å². The number of hydrogen-bond acceptors (Lipinski definition) is 2. The first-order valence-corrected chi connectivity index (χ1v) is 6.99. The maximum Gasteiger partial charge on any atom is 0.255 e. The third-order valence-electron chi connectivity index (χ3n) is 3.16. The van der Waals surface area contributed by atoms with Crippen LogP contribution in [0.5, 0.6) is 0 Å². The smallest absolute Gasteiger partial charge is 0.255 e. The van der Waals surface area contributed by atoms with E-state index in [1.165, 1.54) is 6.07 Å². The van der Waals surface area contributed by atoms with Crippen molar-refractivity contribution in [3.8, 4) is 6.07 Å². The Hall–Kier alpha value is -2.19. The van der Waals surface area contributed by atoms with Crippen molar-refractivity contribution >= 4 is 27.5 Å². The van der Waals surface area contributed by atoms with E-state index in [1.54, 1.807) is 19.1 Å². The molecule has 0 atom stereocenters. The van der Waals surface area contributed by atoms with Gasteiger partial charge in [-0.15, -0.1) is 0 Å². The van der Waals surface area contributed by atoms with Gasteiger partial charge >= 0.3 is 0 Å². The lowest BCUT2D eigenvalue weighted by molar-refractivity contribution is 0.102. The summed E-state index contributed by atoms with van der Waals surface area (Å²) in [4.78, 5) is 12.2. The standard InChI is InChI=1S/C16H12BrFN2O/c1-9-3-4-12(7-13(9)17)16(21)20-15-6-11(8-19)5-14(18)10(15)2/h3-7H,1-2H3,(H,20,21). The molecule has 0 heterocycles. The van der Waals surface area contributed by atoms with E-state index in [1.807, 2.05) is 19.1 Å². The summed E-state index contributed by atoms with van der Waals surface area (Å²) in [6, 6.07) is 9.68. The van der Waals surface area contributed by atoms with Crippen molar-refractivity contribution in [2.45, 2.75) is 13.8 Å². The van der Waals surface area contributed by atoms with E-state index >= 15 is 0 Å². The summed E-state index contributed by atoms with van der Waals surface area (Å²) in [5.41, 5.74) is 2.23. The molecule has 0 aliphatic carbocycles. The van der Waals surface area contributed by atoms with Gasteiger partial charge in [0, 0.05) is 21.3 Å². The molecule has 2 rings (SSSR count). The molecule has 21 heavy (non-hydrogen) atoms. The highest BCUT2D eigenvalue weighted by Crippen LogP contribution is 2.22. The van der Waals surface area contributed by atoms with Gasteiger partial charge in [0.15, 0.2) is 0 Å². The second-order valence-electron chi connectivity index (χ2n) is 4.66. The number of hydrogen-bond donors (Lipinski definition) is 1. The largest absolute Gasteiger partial charge is 0.322 e. The van der Waals surface area contributed by atoms with Gasteiger partial charge in [0.2, 0.25) is 0 Å². The molecular weight excluding hydrogens is 335 g/mol. The van der Waals surface area contributed by atoms with E-state index in [2.05, 4.69) is 21.2 Å². The lowest BCUT2D eigenvalue weighted by atomic mass is 10.1. The highest BCUT2D eigenvalue weighted by Gasteiger charge is 2.12. The van der Waals surface area contributed by atoms with Crippen molar-refractivity contribution in [2.75, 3.05) is 5.32 Å². The zero-order valence-electron chi connectivity index (χ0n) is 11.5. The first-order valence-electron chi connectivity index (χ1n) is 6.20. The lowest BCUT2D eigenvalue weighted by Gasteiger charge is -2.10. The average molecular weight is 347 g/mol. The predicted molar refractivity (Wildman–Crippen MR) is 82.7 cm³/mol. The second kappa shape index (κ2) is 6.06. The Kier molecular flexibility index (Phi) is 4.39. The molecular formula is C16H12BrFN2O. The molecule has 0 saturated carbocycles. The molecule has 0 aliphatic rings. The van der Waals surface area contributed by atoms with Crippen LogP contribution in [0.4, 0.5) is 10.1 Å². The number of amides is 1. The van der Waals surface area contributed by atoms with E-state index < -0.39 is 5.82 Å². The fraction of sp³-hybridized carbons (Fsp3) is 0.125. The van der Waals surface area contributed by atoms with Crippen molar-refractivity contribution in [3.05, 3.63) is 62.9 Å². The zero-order valence-corrected chi connectivity index (χ0v) is 13.1. The summed E-state index contributed by atoms with van der Waals surface area (Å²) in [5, 5.41) is 11.5. The minimum atomic E-state index is -0.519. The Labute approximate surface area is 130 Å². The third-order valence-corrected chi connectivity index (χ3v) is 4.01. The zero-order chi connectivity index (χ0) is 15.6. The molecule has 0 spiro atoms. The van der Waals surface area contributed by atoms with E-state index in [0.29, 0.717) is 16.8 Å². The molecule has 1 N–H and O–H groups in total. The SMILES string of the molecule is Cc1ccc(C(=O)Nc2cc(C#N)cc(F)c2C)cc1Br. The highest BCUT2D eigenvalue weighted by atomic mass is 79.9. The first kappa shape index (κ1) is 15.2. The number of carbonyl (C=O) groups excluding carboxylic acids is 1. The number of aryl methyl sites for hydroxylation is 1. The molecule has 0 bridgehead atoms. The van der Waals surface area contributed by atoms with Crippen molar-refractivity contribution in [3.63, 3.8) is 0 Å². The number of nitriles is 1. The van der Waals surface area contributed by atoms with Gasteiger partial charge in [-0.2, -0.15) is 5.26 Å². The summed E-state index contributed by atoms with van der Waals surface area (Å²) in [6.07, 6.45) is 0. The molecule has 106 valence electrons. The van der Waals surface area contributed by atoms with Gasteiger partial charge in [-0.05, 0) is 43.7 Å². The maximum atomic E-state index is 13.7. The summed E-state index contributed by atoms with van der Waals surface area (Å²) in [6.45, 7) is 3.47. The van der Waals surface area contributed by atoms with Crippen LogP contribution in [0.3, 0.4) is 0 Å². The van der Waals surface area contributed by atoms with Crippen molar-refractivity contribution < 1.29 is 9.18 Å². The van der Waals surface area contributed by atoms with Crippen LogP contribution in [0, 0.1) is 31.0 Å². The summed E-state index contributed by atoms with van der Waals surface area (Å²) < 4.78 is 14.5. The third kappa shape index (κ3) is 3.29. The molecule has 0 saturated heterocycles. The molecule has 0 aromatic heterocycles. The van der Waals surface area contributed by atoms with Crippen molar-refractivity contribution in [1.82, 2.24) is 0 Å². The van der Waals surface area contributed by atoms with E-state index in [4.69, 9.17) is 5.26 Å². The Bertz CT molecular complexity index is 766. The molecule has 5 heteroatoms. The highest BCUT2D eigenvalue weighted by molar-refractivity contribution is 9.10. The molecule has 0 unspecified atom stereocenters. The van der Waals surface area contributed by atoms with Gasteiger partial charge in [-0.3, -0.25) is 4.79 Å². The van der Waals surface area contributed by atoms with Gasteiger partial charge in [0.25, 0.3) is 5.91 Å². The Morgan fingerprint density at radius 2 is 2.00 bits per heavy atom. The van der Waals surface area contributed by atoms with Crippen LogP contribution in [-0.2, 0) is 0 Å². The predicted octanol–water partition coefficient (Wildman–Crippen LogP) is 4.33. The van der Waals surface area contributed by atoms with E-state index in [0.717, 1.165) is 16.1 Å². The normalized spacial score (nSPS) is 10.0. The van der Waals surface area contributed by atoms with Crippen LogP contribution in [0.25, 0.3) is 0 Å². The van der Waals surface area contributed by atoms with Gasteiger partial charge in [-0.25, -0.2) is 4.39 Å². The Balaban J connectivity index is 2.33. The number of anilines is 1. The molecule has 3 nitrogen and oxygen atoms in total. The molecule has 2 aromatic carbocycles. The maximum absolute atomic E-state index is 13.7. The molecule has 0 radical (unpaired) electrons. The Morgan fingerprint density at radius 1 is 1.29 bits per heavy atom. The minimum absolute atomic E-state index is 0.165. The number of rotatable bonds is 2. The van der Waals surface area contributed by atoms with Gasteiger partial charge in [0.1, 0.15) is 5.82 Å². The Morgan fingerprint density at radius 3 is 2.62 bits per heavy atom. The van der Waals surface area contributed by atoms with Crippen molar-refractivity contribution in [2.24, 2.45) is 0 Å². The van der Waals surface area contributed by atoms with Crippen LogP contribution in [0.15, 0.2) is 34.8 Å². The monoisotopic (exact) mass is 346 g/mol. The fourth-order valence-electron chi connectivity index (χ4n) is 1.80. The van der Waals surface area contributed by atoms with Gasteiger partial charge in [-0.1, -0.05) is 22.0 Å². The fourth-order valence-corrected chi connectivity index (χ4v) is 2.18. The lowest BCUT2D eigenvalue weighted by Crippen LogP contribution is -2.13. The number of nitrogens with one attached hydrogen (secondary N) is 1. The number of nitrogens with zero attached hydrogens (tertiary/aromatic N) is 1. The van der Waals surface area contributed by atoms with Crippen LogP contribution in [-0.4, -0.2) is 5.91 Å². The van der Waals surface area contributed by atoms with E-state index in [9.17, 15) is 9.18 Å². The quantitative estimate of drug-likeness (QED) is 0.879. The summed E-state index contributed by atoms with van der Waals surface area (Å²) >= 11 is 3.37. The van der Waals surface area contributed by atoms with Crippen LogP contribution in [0.2, 0.25) is 0 Å². The second-order valence-corrected chi connectivity index (χ2v) is 5.51. The average Bonchev–Trinajstić information content (AvgIpc) is 2.46. The summed E-state index contributed by atoms with van der Waals surface area (Å²) in [5.74, 6) is -0.872. The molecule has 0 aliphatic heterocycles. The topological polar surface area (TPSA) is 52.9 Å². The van der Waals surface area contributed by atoms with Gasteiger partial charge < -0.3 is 5.32 Å². The molecule has 0 fully saturated rings. The van der Waals surface area contributed by atoms with Gasteiger partial charge in [0.05, 0.1) is 11.6 Å². The number of carbonyl (C=O) groups is 1. The van der Waals surface area contributed by atoms with Crippen molar-refractivity contribution in [1.29, 1.82) is 5.26 Å². The first-order chi connectivity index (χ1) is 9.92. The minimum Gasteiger partial charge on any atom is -0.322 e. The van der Waals surface area contributed by atoms with Crippen LogP contribution >= 0.6 is 15.9 Å². The number of halogens is 2. The number of benzene rings is 2. The molecule has 2 aromatic rings.